The fourth-order valence-electron chi connectivity index (χ4n) is 4.04. The minimum absolute atomic E-state index is 0.150. The van der Waals surface area contributed by atoms with Gasteiger partial charge in [-0.1, -0.05) is 36.1 Å². The zero-order valence-corrected chi connectivity index (χ0v) is 23.3. The lowest BCUT2D eigenvalue weighted by Crippen LogP contribution is -2.27. The number of rotatable bonds is 10. The summed E-state index contributed by atoms with van der Waals surface area (Å²) in [5.74, 6) is -1.05. The zero-order chi connectivity index (χ0) is 28.8. The van der Waals surface area contributed by atoms with Gasteiger partial charge in [-0.25, -0.2) is 4.39 Å². The minimum Gasteiger partial charge on any atom is -0.483 e. The number of halogens is 1. The number of hydrogen-bond donors (Lipinski definition) is 1. The molecule has 1 saturated heterocycles. The number of nitrogens with zero attached hydrogens (tertiary/aromatic N) is 3. The molecule has 12 heteroatoms. The molecule has 1 N–H and O–H groups in total. The van der Waals surface area contributed by atoms with E-state index in [0.29, 0.717) is 21.9 Å². The number of nitro benzene ring substituents is 1. The number of amides is 2. The highest BCUT2D eigenvalue weighted by Crippen LogP contribution is 2.38. The monoisotopic (exact) mass is 580 g/mol. The third kappa shape index (κ3) is 6.64. The van der Waals surface area contributed by atoms with Gasteiger partial charge in [0.1, 0.15) is 11.6 Å². The van der Waals surface area contributed by atoms with Crippen molar-refractivity contribution in [1.82, 2.24) is 0 Å². The van der Waals surface area contributed by atoms with Gasteiger partial charge in [0.15, 0.2) is 10.9 Å². The Labute approximate surface area is 239 Å². The average molecular weight is 581 g/mol. The summed E-state index contributed by atoms with van der Waals surface area (Å²) in [4.78, 5) is 40.0. The summed E-state index contributed by atoms with van der Waals surface area (Å²) < 4.78 is 19.9. The average Bonchev–Trinajstić information content (AvgIpc) is 3.21. The van der Waals surface area contributed by atoms with E-state index in [4.69, 9.17) is 17.0 Å². The lowest BCUT2D eigenvalue weighted by Gasteiger charge is -2.22. The Morgan fingerprint density at radius 2 is 1.90 bits per heavy atom. The van der Waals surface area contributed by atoms with Crippen LogP contribution in [0.25, 0.3) is 6.08 Å². The Bertz CT molecular complexity index is 1510. The van der Waals surface area contributed by atoms with E-state index < -0.39 is 22.6 Å². The van der Waals surface area contributed by atoms with Gasteiger partial charge in [-0.05, 0) is 56.3 Å². The van der Waals surface area contributed by atoms with Crippen LogP contribution in [0.3, 0.4) is 0 Å². The summed E-state index contributed by atoms with van der Waals surface area (Å²) in [6.45, 7) is 5.14. The van der Waals surface area contributed by atoms with Gasteiger partial charge in [-0.3, -0.25) is 24.6 Å². The summed E-state index contributed by atoms with van der Waals surface area (Å²) >= 11 is 6.48. The number of non-ortho nitro benzene ring substituents is 1. The Hall–Kier alpha value is -4.29. The Morgan fingerprint density at radius 1 is 1.15 bits per heavy atom. The molecule has 3 aromatic rings. The first-order chi connectivity index (χ1) is 19.2. The lowest BCUT2D eigenvalue weighted by molar-refractivity contribution is -0.384. The van der Waals surface area contributed by atoms with Crippen LogP contribution >= 0.6 is 24.0 Å². The largest absolute Gasteiger partial charge is 0.483 e. The van der Waals surface area contributed by atoms with Crippen LogP contribution in [-0.4, -0.2) is 40.8 Å². The molecule has 2 amide bonds. The number of carbonyl (C=O) groups excluding carboxylic acids is 2. The molecule has 0 aromatic heterocycles. The number of thiocarbonyl (C=S) groups is 1. The molecule has 0 spiro atoms. The number of anilines is 3. The summed E-state index contributed by atoms with van der Waals surface area (Å²) in [6, 6.07) is 16.7. The molecule has 0 saturated carbocycles. The summed E-state index contributed by atoms with van der Waals surface area (Å²) in [5.41, 5.74) is 1.85. The summed E-state index contributed by atoms with van der Waals surface area (Å²) in [5, 5.41) is 13.6. The van der Waals surface area contributed by atoms with Crippen molar-refractivity contribution in [3.63, 3.8) is 0 Å². The van der Waals surface area contributed by atoms with Gasteiger partial charge in [0, 0.05) is 48.2 Å². The molecule has 1 heterocycles. The van der Waals surface area contributed by atoms with Crippen molar-refractivity contribution in [1.29, 1.82) is 0 Å². The molecular weight excluding hydrogens is 555 g/mol. The number of carbonyl (C=O) groups is 2. The number of benzene rings is 3. The highest BCUT2D eigenvalue weighted by atomic mass is 32.2. The van der Waals surface area contributed by atoms with Crippen LogP contribution in [0.15, 0.2) is 71.6 Å². The van der Waals surface area contributed by atoms with E-state index in [1.54, 1.807) is 24.3 Å². The van der Waals surface area contributed by atoms with Crippen LogP contribution < -0.4 is 19.9 Å². The topological polar surface area (TPSA) is 105 Å². The highest BCUT2D eigenvalue weighted by molar-refractivity contribution is 8.27. The standard InChI is InChI=1S/C28H25FN4O5S2/c1-3-31(4-2)21-12-11-18(13-25-27(35)32(28(39)40-25)22-9-5-7-19(29)14-22)24(16-21)38-17-26(34)30-20-8-6-10-23(15-20)33(36)37/h5-16H,3-4,17H2,1-2H3,(H,30,34)/b25-13-. The van der Waals surface area contributed by atoms with Gasteiger partial charge in [0.25, 0.3) is 17.5 Å². The van der Waals surface area contributed by atoms with Crippen molar-refractivity contribution < 1.29 is 23.6 Å². The third-order valence-electron chi connectivity index (χ3n) is 5.97. The van der Waals surface area contributed by atoms with Crippen molar-refractivity contribution in [3.05, 3.63) is 93.1 Å². The van der Waals surface area contributed by atoms with Crippen molar-refractivity contribution >= 4 is 68.9 Å². The maximum Gasteiger partial charge on any atom is 0.271 e. The van der Waals surface area contributed by atoms with Crippen LogP contribution in [0.5, 0.6) is 5.75 Å². The number of hydrogen-bond acceptors (Lipinski definition) is 8. The highest BCUT2D eigenvalue weighted by Gasteiger charge is 2.33. The van der Waals surface area contributed by atoms with Gasteiger partial charge >= 0.3 is 0 Å². The minimum atomic E-state index is -0.548. The van der Waals surface area contributed by atoms with Gasteiger partial charge < -0.3 is 15.0 Å². The SMILES string of the molecule is CCN(CC)c1ccc(/C=C2\SC(=S)N(c3cccc(F)c3)C2=O)c(OCC(=O)Nc2cccc([N+](=O)[O-])c2)c1. The van der Waals surface area contributed by atoms with E-state index in [1.807, 2.05) is 19.9 Å². The molecule has 40 heavy (non-hydrogen) atoms. The van der Waals surface area contributed by atoms with Gasteiger partial charge in [-0.15, -0.1) is 0 Å². The van der Waals surface area contributed by atoms with Gasteiger partial charge in [0.2, 0.25) is 0 Å². The van der Waals surface area contributed by atoms with E-state index in [1.165, 1.54) is 47.4 Å². The molecule has 1 aliphatic rings. The van der Waals surface area contributed by atoms with Crippen LogP contribution in [0.4, 0.5) is 27.1 Å². The Kier molecular flexibility index (Phi) is 9.12. The predicted molar refractivity (Wildman–Crippen MR) is 159 cm³/mol. The quantitative estimate of drug-likeness (QED) is 0.135. The maximum atomic E-state index is 13.8. The molecule has 0 aliphatic carbocycles. The summed E-state index contributed by atoms with van der Waals surface area (Å²) in [7, 11) is 0. The van der Waals surface area contributed by atoms with E-state index in [0.717, 1.165) is 30.5 Å². The number of ether oxygens (including phenoxy) is 1. The first kappa shape index (κ1) is 28.7. The van der Waals surface area contributed by atoms with Gasteiger partial charge in [0.05, 0.1) is 15.5 Å². The second-order valence-electron chi connectivity index (χ2n) is 8.54. The first-order valence-corrected chi connectivity index (χ1v) is 13.5. The van der Waals surface area contributed by atoms with Crippen molar-refractivity contribution in [2.45, 2.75) is 13.8 Å². The zero-order valence-electron chi connectivity index (χ0n) is 21.6. The van der Waals surface area contributed by atoms with Crippen molar-refractivity contribution in [2.75, 3.05) is 34.8 Å². The summed E-state index contributed by atoms with van der Waals surface area (Å²) in [6.07, 6.45) is 1.62. The number of nitro groups is 1. The van der Waals surface area contributed by atoms with E-state index in [2.05, 4.69) is 10.2 Å². The smallest absolute Gasteiger partial charge is 0.271 e. The molecule has 206 valence electrons. The van der Waals surface area contributed by atoms with Crippen LogP contribution in [0, 0.1) is 15.9 Å². The van der Waals surface area contributed by atoms with Crippen LogP contribution in [-0.2, 0) is 9.59 Å². The number of nitrogens with one attached hydrogen (secondary N) is 1. The normalized spacial score (nSPS) is 14.0. The Balaban J connectivity index is 1.59. The van der Waals surface area contributed by atoms with E-state index in [9.17, 15) is 24.1 Å². The molecule has 0 bridgehead atoms. The molecule has 0 radical (unpaired) electrons. The number of thioether (sulfide) groups is 1. The predicted octanol–water partition coefficient (Wildman–Crippen LogP) is 6.00. The van der Waals surface area contributed by atoms with E-state index in [-0.39, 0.29) is 22.3 Å². The first-order valence-electron chi connectivity index (χ1n) is 12.3. The van der Waals surface area contributed by atoms with Crippen molar-refractivity contribution in [2.24, 2.45) is 0 Å². The van der Waals surface area contributed by atoms with Gasteiger partial charge in [-0.2, -0.15) is 0 Å². The second-order valence-corrected chi connectivity index (χ2v) is 10.2. The molecule has 0 atom stereocenters. The molecule has 1 fully saturated rings. The van der Waals surface area contributed by atoms with Crippen LogP contribution in [0.1, 0.15) is 19.4 Å². The molecular formula is C28H25FN4O5S2. The molecule has 3 aromatic carbocycles. The molecule has 4 rings (SSSR count). The fourth-order valence-corrected chi connectivity index (χ4v) is 5.33. The Morgan fingerprint density at radius 3 is 2.60 bits per heavy atom. The molecule has 9 nitrogen and oxygen atoms in total. The maximum absolute atomic E-state index is 13.8. The molecule has 0 unspecified atom stereocenters. The molecule has 1 aliphatic heterocycles. The second kappa shape index (κ2) is 12.7. The third-order valence-corrected chi connectivity index (χ3v) is 7.27. The van der Waals surface area contributed by atoms with Crippen molar-refractivity contribution in [3.8, 4) is 5.75 Å². The van der Waals surface area contributed by atoms with E-state index >= 15 is 0 Å². The lowest BCUT2D eigenvalue weighted by atomic mass is 10.1. The fraction of sp³-hybridized carbons (Fsp3) is 0.179. The van der Waals surface area contributed by atoms with Crippen LogP contribution in [0.2, 0.25) is 0 Å².